The minimum absolute atomic E-state index is 0.310. The van der Waals surface area contributed by atoms with Crippen LogP contribution in [-0.2, 0) is 7.05 Å². The van der Waals surface area contributed by atoms with Crippen LogP contribution in [-0.4, -0.2) is 39.9 Å². The predicted molar refractivity (Wildman–Crippen MR) is 114 cm³/mol. The number of halogens is 1. The second kappa shape index (κ2) is 6.56. The molecule has 0 spiro atoms. The lowest BCUT2D eigenvalue weighted by molar-refractivity contribution is 0.628. The second-order valence-electron chi connectivity index (χ2n) is 7.25. The number of benzene rings is 1. The first kappa shape index (κ1) is 17.5. The normalized spacial score (nSPS) is 11.5. The Bertz CT molecular complexity index is 1580. The number of H-pyrrole nitrogens is 2. The molecule has 0 aliphatic rings. The summed E-state index contributed by atoms with van der Waals surface area (Å²) >= 11 is 0. The summed E-state index contributed by atoms with van der Waals surface area (Å²) in [6.07, 6.45) is 7.05. The SMILES string of the molecule is Cn1cc(-c2ccc3[nH]nc(-c4nc5c(-c6cccc(F)c6)cncc5[nH]4)c3n2)cn1. The van der Waals surface area contributed by atoms with Crippen molar-refractivity contribution in [1.82, 2.24) is 39.9 Å². The number of aromatic amines is 2. The number of hydrogen-bond acceptors (Lipinski definition) is 5. The Morgan fingerprint density at radius 1 is 0.935 bits per heavy atom. The van der Waals surface area contributed by atoms with Gasteiger partial charge in [0.25, 0.3) is 0 Å². The van der Waals surface area contributed by atoms with E-state index in [-0.39, 0.29) is 5.82 Å². The largest absolute Gasteiger partial charge is 0.335 e. The van der Waals surface area contributed by atoms with Crippen LogP contribution in [0.25, 0.3) is 56.0 Å². The first-order chi connectivity index (χ1) is 15.2. The maximum absolute atomic E-state index is 13.8. The molecule has 0 atom stereocenters. The number of nitrogens with zero attached hydrogens (tertiary/aromatic N) is 6. The average Bonchev–Trinajstić information content (AvgIpc) is 3.50. The maximum atomic E-state index is 13.8. The van der Waals surface area contributed by atoms with Crippen molar-refractivity contribution in [3.63, 3.8) is 0 Å². The molecule has 8 nitrogen and oxygen atoms in total. The topological polar surface area (TPSA) is 101 Å². The lowest BCUT2D eigenvalue weighted by Crippen LogP contribution is -1.87. The molecule has 5 heterocycles. The van der Waals surface area contributed by atoms with Gasteiger partial charge in [0.15, 0.2) is 11.5 Å². The van der Waals surface area contributed by atoms with E-state index in [0.29, 0.717) is 28.1 Å². The highest BCUT2D eigenvalue weighted by molar-refractivity contribution is 5.95. The van der Waals surface area contributed by atoms with Gasteiger partial charge in [-0.25, -0.2) is 14.4 Å². The fourth-order valence-corrected chi connectivity index (χ4v) is 3.69. The molecule has 0 fully saturated rings. The average molecular weight is 410 g/mol. The highest BCUT2D eigenvalue weighted by atomic mass is 19.1. The Labute approximate surface area is 174 Å². The van der Waals surface area contributed by atoms with Gasteiger partial charge in [0.2, 0.25) is 0 Å². The first-order valence-electron chi connectivity index (χ1n) is 9.60. The van der Waals surface area contributed by atoms with Gasteiger partial charge < -0.3 is 4.98 Å². The molecule has 150 valence electrons. The minimum Gasteiger partial charge on any atom is -0.335 e. The van der Waals surface area contributed by atoms with Crippen LogP contribution in [0.3, 0.4) is 0 Å². The van der Waals surface area contributed by atoms with Crippen LogP contribution in [0.15, 0.2) is 61.2 Å². The molecule has 0 saturated carbocycles. The van der Waals surface area contributed by atoms with Crippen molar-refractivity contribution in [2.45, 2.75) is 0 Å². The van der Waals surface area contributed by atoms with E-state index in [0.717, 1.165) is 27.9 Å². The molecule has 0 saturated heterocycles. The van der Waals surface area contributed by atoms with E-state index >= 15 is 0 Å². The van der Waals surface area contributed by atoms with E-state index in [4.69, 9.17) is 9.97 Å². The Morgan fingerprint density at radius 3 is 2.71 bits per heavy atom. The maximum Gasteiger partial charge on any atom is 0.161 e. The second-order valence-corrected chi connectivity index (χ2v) is 7.25. The number of pyridine rings is 2. The zero-order valence-corrected chi connectivity index (χ0v) is 16.3. The van der Waals surface area contributed by atoms with Crippen LogP contribution in [0.1, 0.15) is 0 Å². The van der Waals surface area contributed by atoms with Crippen LogP contribution < -0.4 is 0 Å². The first-order valence-corrected chi connectivity index (χ1v) is 9.60. The third kappa shape index (κ3) is 2.86. The van der Waals surface area contributed by atoms with Crippen LogP contribution in [0.5, 0.6) is 0 Å². The Kier molecular flexibility index (Phi) is 3.69. The van der Waals surface area contributed by atoms with E-state index < -0.39 is 0 Å². The summed E-state index contributed by atoms with van der Waals surface area (Å²) < 4.78 is 15.5. The minimum atomic E-state index is -0.310. The summed E-state index contributed by atoms with van der Waals surface area (Å²) in [5, 5.41) is 11.7. The summed E-state index contributed by atoms with van der Waals surface area (Å²) in [5.41, 5.74) is 6.67. The molecule has 31 heavy (non-hydrogen) atoms. The van der Waals surface area contributed by atoms with Crippen LogP contribution in [0, 0.1) is 5.82 Å². The van der Waals surface area contributed by atoms with E-state index in [1.165, 1.54) is 12.1 Å². The summed E-state index contributed by atoms with van der Waals surface area (Å²) in [6.45, 7) is 0. The summed E-state index contributed by atoms with van der Waals surface area (Å²) in [7, 11) is 1.87. The Hall–Kier alpha value is -4.40. The molecule has 2 N–H and O–H groups in total. The number of aryl methyl sites for hydroxylation is 1. The third-order valence-electron chi connectivity index (χ3n) is 5.16. The van der Waals surface area contributed by atoms with Gasteiger partial charge >= 0.3 is 0 Å². The third-order valence-corrected chi connectivity index (χ3v) is 5.16. The van der Waals surface area contributed by atoms with Crippen molar-refractivity contribution < 1.29 is 4.39 Å². The van der Waals surface area contributed by atoms with Crippen molar-refractivity contribution in [1.29, 1.82) is 0 Å². The van der Waals surface area contributed by atoms with Gasteiger partial charge in [-0.05, 0) is 29.8 Å². The zero-order valence-electron chi connectivity index (χ0n) is 16.3. The molecule has 9 heteroatoms. The van der Waals surface area contributed by atoms with Crippen molar-refractivity contribution in [2.24, 2.45) is 7.05 Å². The molecular formula is C22H15FN8. The van der Waals surface area contributed by atoms with Gasteiger partial charge in [-0.2, -0.15) is 10.2 Å². The van der Waals surface area contributed by atoms with E-state index in [9.17, 15) is 4.39 Å². The van der Waals surface area contributed by atoms with Crippen molar-refractivity contribution in [3.8, 4) is 33.9 Å². The number of fused-ring (bicyclic) bond motifs is 2. The van der Waals surface area contributed by atoms with Crippen LogP contribution in [0.4, 0.5) is 4.39 Å². The number of aromatic nitrogens is 8. The molecular weight excluding hydrogens is 395 g/mol. The van der Waals surface area contributed by atoms with E-state index in [2.05, 4.69) is 25.3 Å². The number of imidazole rings is 1. The molecule has 0 aliphatic carbocycles. The van der Waals surface area contributed by atoms with Crippen molar-refractivity contribution in [3.05, 3.63) is 67.0 Å². The van der Waals surface area contributed by atoms with Crippen molar-refractivity contribution in [2.75, 3.05) is 0 Å². The Morgan fingerprint density at radius 2 is 1.87 bits per heavy atom. The monoisotopic (exact) mass is 410 g/mol. The zero-order chi connectivity index (χ0) is 20.9. The Balaban J connectivity index is 1.51. The van der Waals surface area contributed by atoms with Crippen LogP contribution >= 0.6 is 0 Å². The lowest BCUT2D eigenvalue weighted by Gasteiger charge is -2.01. The van der Waals surface area contributed by atoms with Crippen molar-refractivity contribution >= 4 is 22.1 Å². The fourth-order valence-electron chi connectivity index (χ4n) is 3.69. The standard InChI is InChI=1S/C22H15FN8/c1-31-11-13(8-25-31)16-5-6-17-20(26-16)21(30-29-17)22-27-18-10-24-9-15(19(18)28-22)12-3-2-4-14(23)7-12/h2-11H,1H3,(H,27,28)(H,29,30). The van der Waals surface area contributed by atoms with Gasteiger partial charge in [-0.15, -0.1) is 0 Å². The fraction of sp³-hybridized carbons (Fsp3) is 0.0455. The molecule has 0 amide bonds. The van der Waals surface area contributed by atoms with Gasteiger partial charge in [-0.3, -0.25) is 14.8 Å². The molecule has 1 aromatic carbocycles. The predicted octanol–water partition coefficient (Wildman–Crippen LogP) is 4.10. The highest BCUT2D eigenvalue weighted by Gasteiger charge is 2.17. The van der Waals surface area contributed by atoms with Crippen LogP contribution in [0.2, 0.25) is 0 Å². The van der Waals surface area contributed by atoms with Gasteiger partial charge in [0.05, 0.1) is 34.6 Å². The summed E-state index contributed by atoms with van der Waals surface area (Å²) in [4.78, 5) is 17.1. The molecule has 6 rings (SSSR count). The molecule has 0 unspecified atom stereocenters. The van der Waals surface area contributed by atoms with Gasteiger partial charge in [-0.1, -0.05) is 12.1 Å². The van der Waals surface area contributed by atoms with E-state index in [1.807, 2.05) is 31.4 Å². The molecule has 0 radical (unpaired) electrons. The summed E-state index contributed by atoms with van der Waals surface area (Å²) in [5.74, 6) is 0.249. The molecule has 5 aromatic heterocycles. The number of nitrogens with one attached hydrogen (secondary N) is 2. The quantitative estimate of drug-likeness (QED) is 0.457. The lowest BCUT2D eigenvalue weighted by atomic mass is 10.1. The smallest absolute Gasteiger partial charge is 0.161 e. The van der Waals surface area contributed by atoms with Gasteiger partial charge in [0, 0.05) is 30.6 Å². The summed E-state index contributed by atoms with van der Waals surface area (Å²) in [6, 6.07) is 10.2. The highest BCUT2D eigenvalue weighted by Crippen LogP contribution is 2.31. The number of hydrogen-bond donors (Lipinski definition) is 2. The number of rotatable bonds is 3. The van der Waals surface area contributed by atoms with E-state index in [1.54, 1.807) is 29.3 Å². The molecule has 6 aromatic rings. The van der Waals surface area contributed by atoms with Gasteiger partial charge in [0.1, 0.15) is 11.3 Å². The molecule has 0 bridgehead atoms. The molecule has 0 aliphatic heterocycles.